The highest BCUT2D eigenvalue weighted by Crippen LogP contribution is 2.45. The molecule has 0 amide bonds. The summed E-state index contributed by atoms with van der Waals surface area (Å²) >= 11 is 0. The molecule has 0 aromatic carbocycles. The standard InChI is InChI=1S/C10H6N4/c11-5-9(6-12)3-1-2-4-10(9,7-13)8-14/h1,3H,2,4H2. The van der Waals surface area contributed by atoms with Gasteiger partial charge in [-0.05, 0) is 12.8 Å². The molecule has 0 saturated carbocycles. The topological polar surface area (TPSA) is 95.2 Å². The molecule has 0 saturated heterocycles. The van der Waals surface area contributed by atoms with E-state index in [1.807, 2.05) is 0 Å². The van der Waals surface area contributed by atoms with E-state index in [0.717, 1.165) is 0 Å². The van der Waals surface area contributed by atoms with Crippen LogP contribution in [0.5, 0.6) is 0 Å². The molecule has 0 heterocycles. The van der Waals surface area contributed by atoms with Crippen LogP contribution in [0.3, 0.4) is 0 Å². The number of hydrogen-bond donors (Lipinski definition) is 0. The van der Waals surface area contributed by atoms with Crippen molar-refractivity contribution in [3.8, 4) is 24.3 Å². The van der Waals surface area contributed by atoms with Gasteiger partial charge < -0.3 is 0 Å². The Morgan fingerprint density at radius 3 is 1.86 bits per heavy atom. The summed E-state index contributed by atoms with van der Waals surface area (Å²) in [5.41, 5.74) is -3.14. The molecular formula is C10H6N4. The van der Waals surface area contributed by atoms with Gasteiger partial charge in [0.05, 0.1) is 24.3 Å². The van der Waals surface area contributed by atoms with Crippen molar-refractivity contribution in [2.75, 3.05) is 0 Å². The number of nitriles is 4. The minimum absolute atomic E-state index is 0.234. The zero-order valence-electron chi connectivity index (χ0n) is 7.36. The molecule has 0 aromatic heterocycles. The molecule has 0 bridgehead atoms. The Labute approximate surface area is 81.9 Å². The third kappa shape index (κ3) is 0.957. The summed E-state index contributed by atoms with van der Waals surface area (Å²) in [4.78, 5) is 0. The quantitative estimate of drug-likeness (QED) is 0.529. The number of hydrogen-bond acceptors (Lipinski definition) is 4. The van der Waals surface area contributed by atoms with E-state index in [1.54, 1.807) is 30.4 Å². The maximum Gasteiger partial charge on any atom is 0.193 e. The summed E-state index contributed by atoms with van der Waals surface area (Å²) in [7, 11) is 0. The van der Waals surface area contributed by atoms with Gasteiger partial charge in [-0.3, -0.25) is 0 Å². The fraction of sp³-hybridized carbons (Fsp3) is 0.400. The average molecular weight is 182 g/mol. The number of allylic oxidation sites excluding steroid dienone is 2. The van der Waals surface area contributed by atoms with Gasteiger partial charge in [-0.1, -0.05) is 12.2 Å². The van der Waals surface area contributed by atoms with E-state index < -0.39 is 10.8 Å². The Kier molecular flexibility index (Phi) is 2.25. The van der Waals surface area contributed by atoms with Crippen LogP contribution in [0, 0.1) is 56.2 Å². The van der Waals surface area contributed by atoms with Crippen molar-refractivity contribution in [3.05, 3.63) is 12.2 Å². The Morgan fingerprint density at radius 2 is 1.50 bits per heavy atom. The molecule has 0 radical (unpaired) electrons. The van der Waals surface area contributed by atoms with Gasteiger partial charge >= 0.3 is 0 Å². The van der Waals surface area contributed by atoms with Gasteiger partial charge in [0.25, 0.3) is 0 Å². The molecule has 0 aromatic rings. The fourth-order valence-electron chi connectivity index (χ4n) is 1.50. The molecule has 0 fully saturated rings. The van der Waals surface area contributed by atoms with Crippen molar-refractivity contribution >= 4 is 0 Å². The molecule has 1 aliphatic rings. The second kappa shape index (κ2) is 3.21. The number of rotatable bonds is 0. The molecule has 4 heteroatoms. The van der Waals surface area contributed by atoms with Crippen molar-refractivity contribution in [2.24, 2.45) is 10.8 Å². The average Bonchev–Trinajstić information content (AvgIpc) is 2.28. The summed E-state index contributed by atoms with van der Waals surface area (Å²) in [5.74, 6) is 0. The first-order chi connectivity index (χ1) is 6.70. The summed E-state index contributed by atoms with van der Waals surface area (Å²) in [5, 5.41) is 35.7. The minimum Gasteiger partial charge on any atom is -0.196 e. The molecule has 66 valence electrons. The van der Waals surface area contributed by atoms with Crippen LogP contribution in [0.15, 0.2) is 12.2 Å². The third-order valence-corrected chi connectivity index (χ3v) is 2.46. The molecule has 0 unspecified atom stereocenters. The monoisotopic (exact) mass is 182 g/mol. The Bertz CT molecular complexity index is 405. The van der Waals surface area contributed by atoms with E-state index >= 15 is 0 Å². The Balaban J connectivity index is 3.44. The van der Waals surface area contributed by atoms with Crippen LogP contribution in [0.1, 0.15) is 12.8 Å². The van der Waals surface area contributed by atoms with Gasteiger partial charge in [0.15, 0.2) is 10.8 Å². The minimum atomic E-state index is -1.62. The van der Waals surface area contributed by atoms with E-state index in [-0.39, 0.29) is 6.42 Å². The molecule has 0 N–H and O–H groups in total. The lowest BCUT2D eigenvalue weighted by Gasteiger charge is -2.30. The fourth-order valence-corrected chi connectivity index (χ4v) is 1.50. The van der Waals surface area contributed by atoms with Crippen LogP contribution in [0.4, 0.5) is 0 Å². The van der Waals surface area contributed by atoms with Gasteiger partial charge in [0.1, 0.15) is 0 Å². The molecule has 14 heavy (non-hydrogen) atoms. The first-order valence-corrected chi connectivity index (χ1v) is 4.03. The van der Waals surface area contributed by atoms with Gasteiger partial charge in [0.2, 0.25) is 0 Å². The van der Waals surface area contributed by atoms with Crippen molar-refractivity contribution < 1.29 is 0 Å². The van der Waals surface area contributed by atoms with Gasteiger partial charge in [-0.25, -0.2) is 0 Å². The summed E-state index contributed by atoms with van der Waals surface area (Å²) < 4.78 is 0. The lowest BCUT2D eigenvalue weighted by atomic mass is 9.61. The van der Waals surface area contributed by atoms with E-state index in [4.69, 9.17) is 21.0 Å². The second-order valence-corrected chi connectivity index (χ2v) is 3.10. The molecule has 0 spiro atoms. The molecule has 4 nitrogen and oxygen atoms in total. The predicted molar refractivity (Wildman–Crippen MR) is 45.7 cm³/mol. The van der Waals surface area contributed by atoms with Crippen LogP contribution in [0.2, 0.25) is 0 Å². The van der Waals surface area contributed by atoms with Gasteiger partial charge in [-0.2, -0.15) is 21.0 Å². The first kappa shape index (κ1) is 9.79. The van der Waals surface area contributed by atoms with E-state index in [9.17, 15) is 0 Å². The first-order valence-electron chi connectivity index (χ1n) is 4.03. The lowest BCUT2D eigenvalue weighted by Crippen LogP contribution is -2.38. The lowest BCUT2D eigenvalue weighted by molar-refractivity contribution is 0.327. The highest BCUT2D eigenvalue weighted by atomic mass is 14.6. The smallest absolute Gasteiger partial charge is 0.193 e. The van der Waals surface area contributed by atoms with E-state index in [0.29, 0.717) is 6.42 Å². The predicted octanol–water partition coefficient (Wildman–Crippen LogP) is 1.40. The van der Waals surface area contributed by atoms with E-state index in [1.165, 1.54) is 6.08 Å². The SMILES string of the molecule is N#CC1(C#N)C=CCCC1(C#N)C#N. The maximum absolute atomic E-state index is 8.93. The summed E-state index contributed by atoms with van der Waals surface area (Å²) in [6.45, 7) is 0. The molecule has 0 atom stereocenters. The van der Waals surface area contributed by atoms with Crippen LogP contribution < -0.4 is 0 Å². The zero-order chi connectivity index (χ0) is 10.7. The van der Waals surface area contributed by atoms with Crippen LogP contribution in [0.25, 0.3) is 0 Å². The third-order valence-electron chi connectivity index (χ3n) is 2.46. The maximum atomic E-state index is 8.93. The molecule has 1 aliphatic carbocycles. The zero-order valence-corrected chi connectivity index (χ0v) is 7.36. The van der Waals surface area contributed by atoms with Crippen molar-refractivity contribution in [1.82, 2.24) is 0 Å². The van der Waals surface area contributed by atoms with E-state index in [2.05, 4.69) is 0 Å². The molecule has 1 rings (SSSR count). The largest absolute Gasteiger partial charge is 0.196 e. The Morgan fingerprint density at radius 1 is 0.929 bits per heavy atom. The highest BCUT2D eigenvalue weighted by molar-refractivity contribution is 5.41. The summed E-state index contributed by atoms with van der Waals surface area (Å²) in [6, 6.07) is 7.14. The Hall–Kier alpha value is -2.30. The van der Waals surface area contributed by atoms with Crippen LogP contribution in [-0.2, 0) is 0 Å². The molecule has 0 aliphatic heterocycles. The van der Waals surface area contributed by atoms with Gasteiger partial charge in [-0.15, -0.1) is 0 Å². The van der Waals surface area contributed by atoms with Gasteiger partial charge in [0, 0.05) is 0 Å². The van der Waals surface area contributed by atoms with Crippen LogP contribution >= 0.6 is 0 Å². The summed E-state index contributed by atoms with van der Waals surface area (Å²) in [6.07, 6.45) is 3.81. The normalized spacial score (nSPS) is 20.9. The molecular weight excluding hydrogens is 176 g/mol. The highest BCUT2D eigenvalue weighted by Gasteiger charge is 2.53. The van der Waals surface area contributed by atoms with Crippen molar-refractivity contribution in [3.63, 3.8) is 0 Å². The van der Waals surface area contributed by atoms with Crippen molar-refractivity contribution in [1.29, 1.82) is 21.0 Å². The van der Waals surface area contributed by atoms with Crippen LogP contribution in [-0.4, -0.2) is 0 Å². The second-order valence-electron chi connectivity index (χ2n) is 3.10. The van der Waals surface area contributed by atoms with Crippen molar-refractivity contribution in [2.45, 2.75) is 12.8 Å². The number of nitrogens with zero attached hydrogens (tertiary/aromatic N) is 4.